The number of carbonyl (C=O) groups is 2. The Kier molecular flexibility index (Phi) is 4.31. The lowest BCUT2D eigenvalue weighted by molar-refractivity contribution is -0.120. The van der Waals surface area contributed by atoms with Crippen molar-refractivity contribution in [3.63, 3.8) is 0 Å². The molecule has 0 aromatic carbocycles. The Bertz CT molecular complexity index is 419. The highest BCUT2D eigenvalue weighted by molar-refractivity contribution is 6.00. The van der Waals surface area contributed by atoms with Crippen molar-refractivity contribution >= 4 is 17.6 Å². The molecule has 0 atom stereocenters. The zero-order chi connectivity index (χ0) is 13.0. The van der Waals surface area contributed by atoms with Crippen molar-refractivity contribution in [1.29, 1.82) is 0 Å². The predicted octanol–water partition coefficient (Wildman–Crippen LogP) is 2.40. The van der Waals surface area contributed by atoms with Crippen LogP contribution in [0.2, 0.25) is 0 Å². The summed E-state index contributed by atoms with van der Waals surface area (Å²) in [5.41, 5.74) is 1.08. The Morgan fingerprint density at radius 2 is 2.00 bits per heavy atom. The molecule has 0 unspecified atom stereocenters. The van der Waals surface area contributed by atoms with Gasteiger partial charge in [-0.05, 0) is 25.8 Å². The third-order valence-corrected chi connectivity index (χ3v) is 2.78. The number of hydrogen-bond donors (Lipinski definition) is 3. The molecule has 1 heterocycles. The number of H-pyrrole nitrogens is 1. The second-order valence-corrected chi connectivity index (χ2v) is 4.05. The number of aromatic carboxylic acids is 1. The summed E-state index contributed by atoms with van der Waals surface area (Å²) in [5.74, 6) is -1.28. The second-order valence-electron chi connectivity index (χ2n) is 4.05. The van der Waals surface area contributed by atoms with E-state index in [0.717, 1.165) is 12.8 Å². The Balaban J connectivity index is 2.87. The van der Waals surface area contributed by atoms with E-state index in [9.17, 15) is 9.59 Å². The first-order chi connectivity index (χ1) is 7.99. The van der Waals surface area contributed by atoms with Crippen LogP contribution in [0.3, 0.4) is 0 Å². The molecule has 1 aromatic rings. The highest BCUT2D eigenvalue weighted by Gasteiger charge is 2.19. The summed E-state index contributed by atoms with van der Waals surface area (Å²) in [6, 6.07) is 1.63. The van der Waals surface area contributed by atoms with Crippen LogP contribution in [0.4, 0.5) is 5.69 Å². The van der Waals surface area contributed by atoms with Gasteiger partial charge in [-0.2, -0.15) is 0 Å². The third-order valence-electron chi connectivity index (χ3n) is 2.78. The molecule has 17 heavy (non-hydrogen) atoms. The van der Waals surface area contributed by atoms with E-state index in [-0.39, 0.29) is 17.5 Å². The van der Waals surface area contributed by atoms with Crippen molar-refractivity contribution in [1.82, 2.24) is 4.98 Å². The summed E-state index contributed by atoms with van der Waals surface area (Å²) in [6.45, 7) is 5.63. The van der Waals surface area contributed by atoms with Crippen molar-refractivity contribution in [3.8, 4) is 0 Å². The maximum absolute atomic E-state index is 11.8. The zero-order valence-corrected chi connectivity index (χ0v) is 10.3. The van der Waals surface area contributed by atoms with E-state index in [1.54, 1.807) is 13.0 Å². The average Bonchev–Trinajstić information content (AvgIpc) is 2.61. The number of rotatable bonds is 5. The molecule has 0 spiro atoms. The molecule has 3 N–H and O–H groups in total. The molecule has 0 aliphatic rings. The number of nitrogens with one attached hydrogen (secondary N) is 2. The molecule has 0 saturated carbocycles. The minimum atomic E-state index is -1.07. The molecule has 1 aromatic heterocycles. The fraction of sp³-hybridized carbons (Fsp3) is 0.500. The van der Waals surface area contributed by atoms with E-state index in [1.807, 2.05) is 13.8 Å². The van der Waals surface area contributed by atoms with E-state index in [4.69, 9.17) is 5.11 Å². The maximum Gasteiger partial charge on any atom is 0.354 e. The lowest BCUT2D eigenvalue weighted by atomic mass is 10.0. The van der Waals surface area contributed by atoms with Crippen molar-refractivity contribution in [2.45, 2.75) is 33.6 Å². The summed E-state index contributed by atoms with van der Waals surface area (Å²) in [7, 11) is 0. The zero-order valence-electron chi connectivity index (χ0n) is 10.3. The fourth-order valence-corrected chi connectivity index (χ4v) is 1.75. The number of carboxylic acid groups (broad SMARTS) is 1. The van der Waals surface area contributed by atoms with E-state index in [1.165, 1.54) is 0 Å². The molecule has 1 amide bonds. The highest BCUT2D eigenvalue weighted by atomic mass is 16.4. The molecule has 5 heteroatoms. The lowest BCUT2D eigenvalue weighted by Gasteiger charge is -2.12. The van der Waals surface area contributed by atoms with Gasteiger partial charge in [-0.1, -0.05) is 13.8 Å². The van der Waals surface area contributed by atoms with Gasteiger partial charge in [0.05, 0.1) is 5.69 Å². The summed E-state index contributed by atoms with van der Waals surface area (Å²) in [5, 5.41) is 11.6. The Labute approximate surface area is 100 Å². The molecule has 0 saturated heterocycles. The van der Waals surface area contributed by atoms with Crippen LogP contribution < -0.4 is 5.32 Å². The highest BCUT2D eigenvalue weighted by Crippen LogP contribution is 2.19. The SMILES string of the molecule is CCC(CC)C(=O)Nc1cc(C)[nH]c1C(=O)O. The van der Waals surface area contributed by atoms with Crippen LogP contribution in [0.1, 0.15) is 42.9 Å². The molecule has 0 aliphatic carbocycles. The number of aromatic nitrogens is 1. The topological polar surface area (TPSA) is 82.2 Å². The van der Waals surface area contributed by atoms with Gasteiger partial charge in [0.1, 0.15) is 5.69 Å². The molecule has 0 fully saturated rings. The molecule has 0 radical (unpaired) electrons. The number of carboxylic acids is 1. The molecular formula is C12H18N2O3. The van der Waals surface area contributed by atoms with Gasteiger partial charge >= 0.3 is 5.97 Å². The molecular weight excluding hydrogens is 220 g/mol. The number of aromatic amines is 1. The predicted molar refractivity (Wildman–Crippen MR) is 65.2 cm³/mol. The van der Waals surface area contributed by atoms with Crippen molar-refractivity contribution in [2.75, 3.05) is 5.32 Å². The molecule has 5 nitrogen and oxygen atoms in total. The van der Waals surface area contributed by atoms with E-state index >= 15 is 0 Å². The third kappa shape index (κ3) is 3.09. The Morgan fingerprint density at radius 1 is 1.41 bits per heavy atom. The number of anilines is 1. The van der Waals surface area contributed by atoms with Crippen LogP contribution in [0, 0.1) is 12.8 Å². The first-order valence-corrected chi connectivity index (χ1v) is 5.73. The van der Waals surface area contributed by atoms with Crippen molar-refractivity contribution < 1.29 is 14.7 Å². The fourth-order valence-electron chi connectivity index (χ4n) is 1.75. The summed E-state index contributed by atoms with van der Waals surface area (Å²) in [6.07, 6.45) is 1.49. The molecule has 94 valence electrons. The monoisotopic (exact) mass is 238 g/mol. The van der Waals surface area contributed by atoms with Gasteiger partial charge in [-0.25, -0.2) is 4.79 Å². The second kappa shape index (κ2) is 5.52. The Morgan fingerprint density at radius 3 is 2.47 bits per heavy atom. The van der Waals surface area contributed by atoms with Crippen LogP contribution in [-0.2, 0) is 4.79 Å². The number of aryl methyl sites for hydroxylation is 1. The minimum absolute atomic E-state index is 0.0295. The van der Waals surface area contributed by atoms with Crippen LogP contribution in [0.5, 0.6) is 0 Å². The molecule has 0 bridgehead atoms. The summed E-state index contributed by atoms with van der Waals surface area (Å²) < 4.78 is 0. The van der Waals surface area contributed by atoms with Crippen LogP contribution >= 0.6 is 0 Å². The summed E-state index contributed by atoms with van der Waals surface area (Å²) >= 11 is 0. The average molecular weight is 238 g/mol. The van der Waals surface area contributed by atoms with Gasteiger partial charge in [-0.15, -0.1) is 0 Å². The van der Waals surface area contributed by atoms with E-state index < -0.39 is 5.97 Å². The summed E-state index contributed by atoms with van der Waals surface area (Å²) in [4.78, 5) is 25.5. The smallest absolute Gasteiger partial charge is 0.354 e. The van der Waals surface area contributed by atoms with E-state index in [2.05, 4.69) is 10.3 Å². The molecule has 1 rings (SSSR count). The van der Waals surface area contributed by atoms with Gasteiger partial charge in [0, 0.05) is 11.6 Å². The van der Waals surface area contributed by atoms with Crippen molar-refractivity contribution in [3.05, 3.63) is 17.5 Å². The van der Waals surface area contributed by atoms with Gasteiger partial charge in [-0.3, -0.25) is 4.79 Å². The van der Waals surface area contributed by atoms with Crippen LogP contribution in [-0.4, -0.2) is 22.0 Å². The largest absolute Gasteiger partial charge is 0.477 e. The quantitative estimate of drug-likeness (QED) is 0.736. The maximum atomic E-state index is 11.8. The van der Waals surface area contributed by atoms with Gasteiger partial charge in [0.25, 0.3) is 0 Å². The van der Waals surface area contributed by atoms with Gasteiger partial charge in [0.2, 0.25) is 5.91 Å². The molecule has 0 aliphatic heterocycles. The lowest BCUT2D eigenvalue weighted by Crippen LogP contribution is -2.22. The first kappa shape index (κ1) is 13.3. The van der Waals surface area contributed by atoms with E-state index in [0.29, 0.717) is 11.4 Å². The van der Waals surface area contributed by atoms with Crippen molar-refractivity contribution in [2.24, 2.45) is 5.92 Å². The van der Waals surface area contributed by atoms with Gasteiger partial charge in [0.15, 0.2) is 0 Å². The van der Waals surface area contributed by atoms with Crippen LogP contribution in [0.15, 0.2) is 6.07 Å². The first-order valence-electron chi connectivity index (χ1n) is 5.73. The Hall–Kier alpha value is -1.78. The van der Waals surface area contributed by atoms with Gasteiger partial charge < -0.3 is 15.4 Å². The number of amides is 1. The standard InChI is InChI=1S/C12H18N2O3/c1-4-8(5-2)11(15)14-9-6-7(3)13-10(9)12(16)17/h6,8,13H,4-5H2,1-3H3,(H,14,15)(H,16,17). The number of carbonyl (C=O) groups excluding carboxylic acids is 1. The minimum Gasteiger partial charge on any atom is -0.477 e. The number of hydrogen-bond acceptors (Lipinski definition) is 2. The van der Waals surface area contributed by atoms with Crippen LogP contribution in [0.25, 0.3) is 0 Å². The normalized spacial score (nSPS) is 10.6.